The Hall–Kier alpha value is -2.21. The maximum absolute atomic E-state index is 12.2. The molecule has 0 unspecified atom stereocenters. The maximum Gasteiger partial charge on any atom is 0.409 e. The first kappa shape index (κ1) is 14.7. The largest absolute Gasteiger partial charge is 0.453 e. The highest BCUT2D eigenvalue weighted by Crippen LogP contribution is 2.26. The van der Waals surface area contributed by atoms with Gasteiger partial charge in [-0.25, -0.2) is 4.79 Å². The first-order valence-electron chi connectivity index (χ1n) is 6.90. The molecule has 3 rings (SSSR count). The van der Waals surface area contributed by atoms with Crippen molar-refractivity contribution in [2.45, 2.75) is 12.5 Å². The van der Waals surface area contributed by atoms with E-state index in [1.54, 1.807) is 23.1 Å². The van der Waals surface area contributed by atoms with Gasteiger partial charge in [0, 0.05) is 24.5 Å². The third-order valence-corrected chi connectivity index (χ3v) is 3.97. The lowest BCUT2D eigenvalue weighted by atomic mass is 10.2. The number of benzene rings is 1. The van der Waals surface area contributed by atoms with Crippen LogP contribution in [0.25, 0.3) is 11.0 Å². The molecule has 1 N–H and O–H groups in total. The van der Waals surface area contributed by atoms with Crippen LogP contribution >= 0.6 is 11.6 Å². The Morgan fingerprint density at radius 1 is 1.45 bits per heavy atom. The molecule has 1 aromatic carbocycles. The summed E-state index contributed by atoms with van der Waals surface area (Å²) < 4.78 is 10.2. The number of nitrogens with zero attached hydrogens (tertiary/aromatic N) is 1. The first-order chi connectivity index (χ1) is 10.6. The smallest absolute Gasteiger partial charge is 0.409 e. The predicted molar refractivity (Wildman–Crippen MR) is 81.1 cm³/mol. The molecule has 0 spiro atoms. The van der Waals surface area contributed by atoms with Crippen molar-refractivity contribution >= 4 is 34.6 Å². The van der Waals surface area contributed by atoms with Crippen LogP contribution in [0.15, 0.2) is 28.7 Å². The molecule has 1 fully saturated rings. The molecule has 0 saturated carbocycles. The molecule has 0 bridgehead atoms. The maximum atomic E-state index is 12.2. The van der Waals surface area contributed by atoms with Crippen molar-refractivity contribution in [2.24, 2.45) is 0 Å². The normalized spacial score (nSPS) is 17.7. The summed E-state index contributed by atoms with van der Waals surface area (Å²) >= 11 is 6.03. The van der Waals surface area contributed by atoms with Crippen LogP contribution < -0.4 is 5.32 Å². The van der Waals surface area contributed by atoms with Gasteiger partial charge in [-0.2, -0.15) is 0 Å². The Morgan fingerprint density at radius 3 is 3.00 bits per heavy atom. The van der Waals surface area contributed by atoms with Crippen molar-refractivity contribution in [3.63, 3.8) is 0 Å². The fourth-order valence-electron chi connectivity index (χ4n) is 2.57. The number of ether oxygens (including phenoxy) is 1. The van der Waals surface area contributed by atoms with Crippen LogP contribution in [0.5, 0.6) is 0 Å². The second kappa shape index (κ2) is 5.88. The van der Waals surface area contributed by atoms with Gasteiger partial charge in [-0.05, 0) is 18.6 Å². The number of halogens is 1. The monoisotopic (exact) mass is 322 g/mol. The van der Waals surface area contributed by atoms with Gasteiger partial charge in [0.05, 0.1) is 12.1 Å². The summed E-state index contributed by atoms with van der Waals surface area (Å²) in [7, 11) is 1.34. The van der Waals surface area contributed by atoms with E-state index in [1.807, 2.05) is 6.07 Å². The number of methoxy groups -OCH3 is 1. The third kappa shape index (κ3) is 2.74. The van der Waals surface area contributed by atoms with E-state index in [1.165, 1.54) is 7.11 Å². The highest BCUT2D eigenvalue weighted by atomic mass is 35.5. The summed E-state index contributed by atoms with van der Waals surface area (Å²) in [4.78, 5) is 25.2. The summed E-state index contributed by atoms with van der Waals surface area (Å²) in [5.41, 5.74) is 0.497. The molecule has 1 aliphatic rings. The van der Waals surface area contributed by atoms with Crippen LogP contribution in [0, 0.1) is 0 Å². The zero-order valence-corrected chi connectivity index (χ0v) is 12.7. The van der Waals surface area contributed by atoms with Crippen LogP contribution in [0.3, 0.4) is 0 Å². The number of rotatable bonds is 2. The van der Waals surface area contributed by atoms with Gasteiger partial charge >= 0.3 is 6.09 Å². The number of hydrogen-bond donors (Lipinski definition) is 1. The third-order valence-electron chi connectivity index (χ3n) is 3.68. The molecule has 2 aromatic rings. The van der Waals surface area contributed by atoms with Gasteiger partial charge in [0.1, 0.15) is 0 Å². The van der Waals surface area contributed by atoms with Crippen molar-refractivity contribution in [2.75, 3.05) is 20.2 Å². The molecule has 1 aromatic heterocycles. The highest BCUT2D eigenvalue weighted by Gasteiger charge is 2.28. The molecule has 0 aliphatic carbocycles. The number of carbonyl (C=O) groups excluding carboxylic acids is 2. The summed E-state index contributed by atoms with van der Waals surface area (Å²) in [5, 5.41) is 4.10. The number of likely N-dealkylation sites (tertiary alicyclic amines) is 1. The molecular formula is C15H15ClN2O4. The number of carbonyl (C=O) groups is 2. The topological polar surface area (TPSA) is 71.8 Å². The van der Waals surface area contributed by atoms with E-state index in [2.05, 4.69) is 10.1 Å². The predicted octanol–water partition coefficient (Wildman–Crippen LogP) is 2.66. The van der Waals surface area contributed by atoms with Gasteiger partial charge in [-0.1, -0.05) is 23.7 Å². The quantitative estimate of drug-likeness (QED) is 0.922. The van der Waals surface area contributed by atoms with Crippen molar-refractivity contribution in [3.05, 3.63) is 35.0 Å². The Bertz CT molecular complexity index is 727. The average Bonchev–Trinajstić information content (AvgIpc) is 3.13. The fraction of sp³-hybridized carbons (Fsp3) is 0.333. The Balaban J connectivity index is 1.69. The lowest BCUT2D eigenvalue weighted by Gasteiger charge is -2.14. The van der Waals surface area contributed by atoms with E-state index in [9.17, 15) is 9.59 Å². The van der Waals surface area contributed by atoms with E-state index in [-0.39, 0.29) is 23.8 Å². The number of hydrogen-bond acceptors (Lipinski definition) is 4. The molecule has 2 heterocycles. The SMILES string of the molecule is COC(=O)N1CC[C@H](NC(=O)c2cc3cccc(Cl)c3o2)C1. The van der Waals surface area contributed by atoms with E-state index < -0.39 is 0 Å². The Labute approximate surface area is 132 Å². The van der Waals surface area contributed by atoms with E-state index in [0.717, 1.165) is 5.39 Å². The zero-order chi connectivity index (χ0) is 15.7. The molecule has 1 saturated heterocycles. The number of para-hydroxylation sites is 1. The lowest BCUT2D eigenvalue weighted by molar-refractivity contribution is 0.0908. The van der Waals surface area contributed by atoms with Gasteiger partial charge in [0.25, 0.3) is 5.91 Å². The van der Waals surface area contributed by atoms with Crippen LogP contribution in [0.4, 0.5) is 4.79 Å². The van der Waals surface area contributed by atoms with Crippen molar-refractivity contribution in [3.8, 4) is 0 Å². The van der Waals surface area contributed by atoms with Crippen LogP contribution in [0.2, 0.25) is 5.02 Å². The van der Waals surface area contributed by atoms with Crippen molar-refractivity contribution < 1.29 is 18.7 Å². The standard InChI is InChI=1S/C15H15ClN2O4/c1-21-15(20)18-6-5-10(8-18)17-14(19)12-7-9-3-2-4-11(16)13(9)22-12/h2-4,7,10H,5-6,8H2,1H3,(H,17,19)/t10-/m0/s1. The minimum atomic E-state index is -0.382. The number of amides is 2. The second-order valence-electron chi connectivity index (χ2n) is 5.14. The number of nitrogens with one attached hydrogen (secondary N) is 1. The average molecular weight is 323 g/mol. The van der Waals surface area contributed by atoms with Crippen LogP contribution in [-0.2, 0) is 4.74 Å². The molecule has 1 atom stereocenters. The highest BCUT2D eigenvalue weighted by molar-refractivity contribution is 6.34. The van der Waals surface area contributed by atoms with E-state index >= 15 is 0 Å². The van der Waals surface area contributed by atoms with E-state index in [0.29, 0.717) is 30.1 Å². The summed E-state index contributed by atoms with van der Waals surface area (Å²) in [6.07, 6.45) is 0.300. The molecule has 116 valence electrons. The van der Waals surface area contributed by atoms with Crippen LogP contribution in [0.1, 0.15) is 17.0 Å². The first-order valence-corrected chi connectivity index (χ1v) is 7.28. The molecule has 7 heteroatoms. The van der Waals surface area contributed by atoms with Gasteiger partial charge in [0.2, 0.25) is 0 Å². The number of fused-ring (bicyclic) bond motifs is 1. The minimum absolute atomic E-state index is 0.115. The second-order valence-corrected chi connectivity index (χ2v) is 5.55. The molecule has 22 heavy (non-hydrogen) atoms. The summed E-state index contributed by atoms with van der Waals surface area (Å²) in [5.74, 6) is -0.108. The van der Waals surface area contributed by atoms with Crippen molar-refractivity contribution in [1.82, 2.24) is 10.2 Å². The lowest BCUT2D eigenvalue weighted by Crippen LogP contribution is -2.38. The molecule has 0 radical (unpaired) electrons. The summed E-state index contributed by atoms with van der Waals surface area (Å²) in [6.45, 7) is 0.989. The molecule has 1 aliphatic heterocycles. The molecule has 6 nitrogen and oxygen atoms in total. The van der Waals surface area contributed by atoms with Gasteiger partial charge in [-0.3, -0.25) is 4.79 Å². The zero-order valence-electron chi connectivity index (χ0n) is 12.0. The fourth-order valence-corrected chi connectivity index (χ4v) is 2.79. The van der Waals surface area contributed by atoms with Crippen LogP contribution in [-0.4, -0.2) is 43.1 Å². The van der Waals surface area contributed by atoms with Gasteiger partial charge < -0.3 is 19.4 Å². The Morgan fingerprint density at radius 2 is 2.27 bits per heavy atom. The molecular weight excluding hydrogens is 308 g/mol. The van der Waals surface area contributed by atoms with Gasteiger partial charge in [0.15, 0.2) is 11.3 Å². The number of furan rings is 1. The van der Waals surface area contributed by atoms with E-state index in [4.69, 9.17) is 16.0 Å². The minimum Gasteiger partial charge on any atom is -0.453 e. The summed E-state index contributed by atoms with van der Waals surface area (Å²) in [6, 6.07) is 6.88. The molecule has 2 amide bonds. The van der Waals surface area contributed by atoms with Crippen molar-refractivity contribution in [1.29, 1.82) is 0 Å². The van der Waals surface area contributed by atoms with Gasteiger partial charge in [-0.15, -0.1) is 0 Å². The Kier molecular flexibility index (Phi) is 3.94.